The summed E-state index contributed by atoms with van der Waals surface area (Å²) in [6.45, 7) is 0. The van der Waals surface area contributed by atoms with Crippen LogP contribution < -0.4 is 0 Å². The van der Waals surface area contributed by atoms with Gasteiger partial charge in [-0.15, -0.1) is 0 Å². The van der Waals surface area contributed by atoms with Crippen LogP contribution in [-0.4, -0.2) is 34.1 Å². The topological polar surface area (TPSA) is 87.5 Å². The van der Waals surface area contributed by atoms with Crippen molar-refractivity contribution in [3.05, 3.63) is 224 Å². The third-order valence-electron chi connectivity index (χ3n) is 13.2. The van der Waals surface area contributed by atoms with Crippen molar-refractivity contribution in [1.82, 2.24) is 34.1 Å². The van der Waals surface area contributed by atoms with Crippen molar-refractivity contribution in [2.45, 2.75) is 0 Å². The smallest absolute Gasteiger partial charge is 0.238 e. The molecule has 0 fully saturated rings. The van der Waals surface area contributed by atoms with Gasteiger partial charge in [0.05, 0.1) is 27.8 Å². The molecule has 322 valence electrons. The minimum Gasteiger partial charge on any atom is -0.455 e. The van der Waals surface area contributed by atoms with Gasteiger partial charge in [-0.05, 0) is 60.2 Å². The van der Waals surface area contributed by atoms with E-state index in [0.29, 0.717) is 23.4 Å². The zero-order chi connectivity index (χ0) is 45.4. The van der Waals surface area contributed by atoms with E-state index in [1.807, 2.05) is 78.9 Å². The van der Waals surface area contributed by atoms with Crippen LogP contribution >= 0.6 is 0 Å². The maximum atomic E-state index is 6.55. The molecular formula is C61H37N7O. The van der Waals surface area contributed by atoms with Crippen molar-refractivity contribution in [3.8, 4) is 68.2 Å². The van der Waals surface area contributed by atoms with Crippen LogP contribution in [-0.2, 0) is 0 Å². The van der Waals surface area contributed by atoms with E-state index < -0.39 is 0 Å². The Hall–Kier alpha value is -9.53. The summed E-state index contributed by atoms with van der Waals surface area (Å²) in [4.78, 5) is 26.4. The first-order valence-electron chi connectivity index (χ1n) is 23.0. The molecule has 0 spiro atoms. The second kappa shape index (κ2) is 15.5. The number of hydrogen-bond donors (Lipinski definition) is 0. The fraction of sp³-hybridized carbons (Fsp3) is 0. The molecule has 5 aromatic heterocycles. The third kappa shape index (κ3) is 6.27. The maximum Gasteiger partial charge on any atom is 0.238 e. The summed E-state index contributed by atoms with van der Waals surface area (Å²) in [6, 6.07) is 77.3. The van der Waals surface area contributed by atoms with Crippen molar-refractivity contribution in [2.24, 2.45) is 0 Å². The lowest BCUT2D eigenvalue weighted by molar-refractivity contribution is 0.670. The number of aromatic nitrogens is 7. The third-order valence-corrected chi connectivity index (χ3v) is 13.2. The predicted octanol–water partition coefficient (Wildman–Crippen LogP) is 15.1. The van der Waals surface area contributed by atoms with E-state index in [2.05, 4.69) is 155 Å². The molecule has 0 aliphatic rings. The van der Waals surface area contributed by atoms with E-state index in [1.165, 1.54) is 0 Å². The molecule has 0 radical (unpaired) electrons. The van der Waals surface area contributed by atoms with E-state index in [1.54, 1.807) is 0 Å². The van der Waals surface area contributed by atoms with E-state index in [4.69, 9.17) is 29.3 Å². The first-order valence-corrected chi connectivity index (χ1v) is 23.0. The van der Waals surface area contributed by atoms with E-state index >= 15 is 0 Å². The molecule has 69 heavy (non-hydrogen) atoms. The number of fused-ring (bicyclic) bond motifs is 9. The molecule has 0 saturated heterocycles. The van der Waals surface area contributed by atoms with Gasteiger partial charge < -0.3 is 8.98 Å². The SMILES string of the molecule is c1ccc(-c2nc(-c3ccccc3)nc(-n3c4ccccc4c4cc(-c5nc(-c6cccc(-c7cccc8c7oc7ccccc78)c6)c6c(n5)c5ccccc5n6-c5ccccc5)ccc43)n2)cc1. The minimum absolute atomic E-state index is 0.536. The zero-order valence-corrected chi connectivity index (χ0v) is 36.9. The van der Waals surface area contributed by atoms with Crippen molar-refractivity contribution in [1.29, 1.82) is 0 Å². The molecule has 0 aliphatic heterocycles. The lowest BCUT2D eigenvalue weighted by Gasteiger charge is -2.13. The Bertz CT molecular complexity index is 4250. The standard InChI is InChI=1S/C61H37N7O/c1-4-18-38(19-5-1)58-64-59(39-20-6-2-7-21-39)66-61(65-58)68-50-31-13-10-26-45(50)49-37-42(34-35-52(49)68)60-62-54(56-55(63-60)48-28-11-14-32-51(48)67(56)43-24-8-3-9-25-43)41-23-16-22-40(36-41)44-29-17-30-47-46-27-12-15-33-53(46)69-57(44)47/h1-37H. The van der Waals surface area contributed by atoms with E-state index in [0.717, 1.165) is 110 Å². The Morgan fingerprint density at radius 2 is 0.899 bits per heavy atom. The van der Waals surface area contributed by atoms with Gasteiger partial charge in [0.15, 0.2) is 17.5 Å². The molecule has 0 N–H and O–H groups in total. The molecule has 14 aromatic rings. The summed E-state index contributed by atoms with van der Waals surface area (Å²) >= 11 is 0. The first-order chi connectivity index (χ1) is 34.2. The van der Waals surface area contributed by atoms with Crippen LogP contribution in [0.5, 0.6) is 0 Å². The number of nitrogens with zero attached hydrogens (tertiary/aromatic N) is 7. The first kappa shape index (κ1) is 38.7. The van der Waals surface area contributed by atoms with Crippen LogP contribution in [0.2, 0.25) is 0 Å². The maximum absolute atomic E-state index is 6.55. The van der Waals surface area contributed by atoms with Crippen LogP contribution in [0.3, 0.4) is 0 Å². The van der Waals surface area contributed by atoms with Gasteiger partial charge in [-0.25, -0.2) is 15.0 Å². The number of furan rings is 1. The Balaban J connectivity index is 0.999. The summed E-state index contributed by atoms with van der Waals surface area (Å²) < 4.78 is 11.0. The van der Waals surface area contributed by atoms with E-state index in [-0.39, 0.29) is 0 Å². The van der Waals surface area contributed by atoms with Gasteiger partial charge in [0, 0.05) is 60.4 Å². The van der Waals surface area contributed by atoms with Crippen molar-refractivity contribution >= 4 is 65.7 Å². The van der Waals surface area contributed by atoms with Gasteiger partial charge in [-0.1, -0.05) is 170 Å². The molecule has 8 heteroatoms. The fourth-order valence-electron chi connectivity index (χ4n) is 10.1. The molecule has 14 rings (SSSR count). The van der Waals surface area contributed by atoms with Crippen molar-refractivity contribution in [2.75, 3.05) is 0 Å². The Labute approximate surface area is 395 Å². The fourth-order valence-corrected chi connectivity index (χ4v) is 10.1. The second-order valence-corrected chi connectivity index (χ2v) is 17.2. The number of rotatable bonds is 7. The molecule has 9 aromatic carbocycles. The number of para-hydroxylation sites is 5. The number of hydrogen-bond acceptors (Lipinski definition) is 6. The Morgan fingerprint density at radius 3 is 1.65 bits per heavy atom. The molecule has 0 bridgehead atoms. The minimum atomic E-state index is 0.536. The van der Waals surface area contributed by atoms with Gasteiger partial charge in [-0.2, -0.15) is 9.97 Å². The van der Waals surface area contributed by atoms with Gasteiger partial charge in [0.2, 0.25) is 5.95 Å². The molecule has 0 unspecified atom stereocenters. The highest BCUT2D eigenvalue weighted by molar-refractivity contribution is 6.14. The molecule has 8 nitrogen and oxygen atoms in total. The monoisotopic (exact) mass is 883 g/mol. The summed E-state index contributed by atoms with van der Waals surface area (Å²) in [5.41, 5.74) is 14.1. The average molecular weight is 884 g/mol. The summed E-state index contributed by atoms with van der Waals surface area (Å²) in [5, 5.41) is 5.32. The molecule has 0 amide bonds. The summed E-state index contributed by atoms with van der Waals surface area (Å²) in [7, 11) is 0. The van der Waals surface area contributed by atoms with Gasteiger partial charge in [0.1, 0.15) is 16.7 Å². The van der Waals surface area contributed by atoms with Gasteiger partial charge >= 0.3 is 0 Å². The van der Waals surface area contributed by atoms with Crippen molar-refractivity contribution in [3.63, 3.8) is 0 Å². The lowest BCUT2D eigenvalue weighted by atomic mass is 9.99. The van der Waals surface area contributed by atoms with Crippen LogP contribution in [0, 0.1) is 0 Å². The molecule has 5 heterocycles. The normalized spacial score (nSPS) is 11.8. The second-order valence-electron chi connectivity index (χ2n) is 17.2. The van der Waals surface area contributed by atoms with E-state index in [9.17, 15) is 0 Å². The van der Waals surface area contributed by atoms with Crippen LogP contribution in [0.15, 0.2) is 229 Å². The number of benzene rings is 9. The van der Waals surface area contributed by atoms with Crippen LogP contribution in [0.4, 0.5) is 0 Å². The quantitative estimate of drug-likeness (QED) is 0.158. The lowest BCUT2D eigenvalue weighted by Crippen LogP contribution is -2.06. The van der Waals surface area contributed by atoms with Crippen molar-refractivity contribution < 1.29 is 4.42 Å². The van der Waals surface area contributed by atoms with Gasteiger partial charge in [-0.3, -0.25) is 4.57 Å². The zero-order valence-electron chi connectivity index (χ0n) is 36.9. The predicted molar refractivity (Wildman–Crippen MR) is 279 cm³/mol. The van der Waals surface area contributed by atoms with Gasteiger partial charge in [0.25, 0.3) is 0 Å². The van der Waals surface area contributed by atoms with Crippen LogP contribution in [0.1, 0.15) is 0 Å². The highest BCUT2D eigenvalue weighted by atomic mass is 16.3. The molecule has 0 aliphatic carbocycles. The average Bonchev–Trinajstić information content (AvgIpc) is 4.09. The highest BCUT2D eigenvalue weighted by Crippen LogP contribution is 2.42. The molecule has 0 atom stereocenters. The summed E-state index contributed by atoms with van der Waals surface area (Å²) in [5.74, 6) is 2.36. The Kier molecular flexibility index (Phi) is 8.72. The molecule has 0 saturated carbocycles. The van der Waals surface area contributed by atoms with Crippen LogP contribution in [0.25, 0.3) is 134 Å². The largest absolute Gasteiger partial charge is 0.455 e. The Morgan fingerprint density at radius 1 is 0.333 bits per heavy atom. The highest BCUT2D eigenvalue weighted by Gasteiger charge is 2.24. The summed E-state index contributed by atoms with van der Waals surface area (Å²) in [6.07, 6.45) is 0. The molecular weight excluding hydrogens is 847 g/mol.